The van der Waals surface area contributed by atoms with E-state index in [0.717, 1.165) is 23.5 Å². The van der Waals surface area contributed by atoms with Crippen LogP contribution >= 0.6 is 0 Å². The number of amides is 1. The van der Waals surface area contributed by atoms with Crippen LogP contribution < -0.4 is 10.1 Å². The number of hydrogen-bond acceptors (Lipinski definition) is 3. The first-order valence-electron chi connectivity index (χ1n) is 8.50. The molecule has 4 rings (SSSR count). The number of anilines is 1. The van der Waals surface area contributed by atoms with Crippen LogP contribution in [0.2, 0.25) is 0 Å². The van der Waals surface area contributed by atoms with Crippen molar-refractivity contribution in [2.75, 3.05) is 5.32 Å². The number of hydrogen-bond donors (Lipinski definition) is 1. The van der Waals surface area contributed by atoms with Crippen molar-refractivity contribution in [3.63, 3.8) is 0 Å². The summed E-state index contributed by atoms with van der Waals surface area (Å²) < 4.78 is 33.9. The van der Waals surface area contributed by atoms with Crippen LogP contribution in [0.5, 0.6) is 5.75 Å². The van der Waals surface area contributed by atoms with E-state index in [-0.39, 0.29) is 12.3 Å². The van der Waals surface area contributed by atoms with Gasteiger partial charge in [-0.15, -0.1) is 0 Å². The van der Waals surface area contributed by atoms with Gasteiger partial charge in [0.2, 0.25) is 0 Å². The summed E-state index contributed by atoms with van der Waals surface area (Å²) >= 11 is 0. The summed E-state index contributed by atoms with van der Waals surface area (Å²) in [6.45, 7) is 0.246. The van der Waals surface area contributed by atoms with Crippen LogP contribution in [0, 0.1) is 11.6 Å². The Bertz CT molecular complexity index is 1120. The fourth-order valence-electron chi connectivity index (χ4n) is 2.72. The van der Waals surface area contributed by atoms with Crippen LogP contribution in [0.15, 0.2) is 73.1 Å². The Balaban J connectivity index is 1.44. The SMILES string of the molecule is O=C(Nc1ccc(F)c(F)c1)c1cccc(OCc2cn3ccccc3n2)c1. The first-order valence-corrected chi connectivity index (χ1v) is 8.50. The van der Waals surface area contributed by atoms with Gasteiger partial charge in [0, 0.05) is 29.7 Å². The lowest BCUT2D eigenvalue weighted by Crippen LogP contribution is -2.12. The number of aromatic nitrogens is 2. The maximum absolute atomic E-state index is 13.3. The van der Waals surface area contributed by atoms with Crippen molar-refractivity contribution >= 4 is 17.2 Å². The van der Waals surface area contributed by atoms with Crippen LogP contribution in [0.3, 0.4) is 0 Å². The average molecular weight is 379 g/mol. The number of halogens is 2. The molecule has 0 saturated carbocycles. The molecule has 7 heteroatoms. The monoisotopic (exact) mass is 379 g/mol. The Morgan fingerprint density at radius 1 is 1.04 bits per heavy atom. The second-order valence-electron chi connectivity index (χ2n) is 6.10. The molecule has 0 saturated heterocycles. The zero-order chi connectivity index (χ0) is 19.5. The smallest absolute Gasteiger partial charge is 0.255 e. The maximum atomic E-state index is 13.3. The number of imidazole rings is 1. The fourth-order valence-corrected chi connectivity index (χ4v) is 2.72. The van der Waals surface area contributed by atoms with Crippen molar-refractivity contribution in [3.05, 3.63) is 95.9 Å². The standard InChI is InChI=1S/C21H15F2N3O2/c22-18-8-7-15(11-19(18)23)25-21(27)14-4-3-5-17(10-14)28-13-16-12-26-9-2-1-6-20(26)24-16/h1-12H,13H2,(H,25,27). The van der Waals surface area contributed by atoms with Gasteiger partial charge >= 0.3 is 0 Å². The minimum absolute atomic E-state index is 0.167. The van der Waals surface area contributed by atoms with E-state index in [9.17, 15) is 13.6 Å². The van der Waals surface area contributed by atoms with Crippen molar-refractivity contribution in [3.8, 4) is 5.75 Å². The third kappa shape index (κ3) is 3.83. The molecule has 0 radical (unpaired) electrons. The van der Waals surface area contributed by atoms with Gasteiger partial charge in [0.25, 0.3) is 5.91 Å². The van der Waals surface area contributed by atoms with Crippen molar-refractivity contribution in [2.24, 2.45) is 0 Å². The molecule has 140 valence electrons. The van der Waals surface area contributed by atoms with Gasteiger partial charge in [0.1, 0.15) is 18.0 Å². The van der Waals surface area contributed by atoms with E-state index >= 15 is 0 Å². The molecule has 0 bridgehead atoms. The van der Waals surface area contributed by atoms with Gasteiger partial charge in [-0.05, 0) is 42.5 Å². The molecule has 0 fully saturated rings. The normalized spacial score (nSPS) is 10.8. The lowest BCUT2D eigenvalue weighted by Gasteiger charge is -2.08. The van der Waals surface area contributed by atoms with Gasteiger partial charge in [-0.3, -0.25) is 4.79 Å². The molecule has 2 heterocycles. The molecule has 0 aliphatic heterocycles. The lowest BCUT2D eigenvalue weighted by molar-refractivity contribution is 0.102. The zero-order valence-electron chi connectivity index (χ0n) is 14.6. The van der Waals surface area contributed by atoms with Crippen LogP contribution in [0.25, 0.3) is 5.65 Å². The second-order valence-corrected chi connectivity index (χ2v) is 6.10. The highest BCUT2D eigenvalue weighted by Gasteiger charge is 2.10. The summed E-state index contributed by atoms with van der Waals surface area (Å²) in [6.07, 6.45) is 3.77. The van der Waals surface area contributed by atoms with Crippen molar-refractivity contribution in [2.45, 2.75) is 6.61 Å². The zero-order valence-corrected chi connectivity index (χ0v) is 14.6. The van der Waals surface area contributed by atoms with Crippen LogP contribution in [-0.4, -0.2) is 15.3 Å². The van der Waals surface area contributed by atoms with Gasteiger partial charge in [0.05, 0.1) is 5.69 Å². The number of carbonyl (C=O) groups excluding carboxylic acids is 1. The van der Waals surface area contributed by atoms with E-state index in [4.69, 9.17) is 4.74 Å². The van der Waals surface area contributed by atoms with Crippen molar-refractivity contribution in [1.29, 1.82) is 0 Å². The van der Waals surface area contributed by atoms with Gasteiger partial charge in [-0.2, -0.15) is 0 Å². The Kier molecular flexibility index (Phi) is 4.72. The van der Waals surface area contributed by atoms with E-state index in [1.807, 2.05) is 35.0 Å². The summed E-state index contributed by atoms with van der Waals surface area (Å²) in [4.78, 5) is 16.8. The predicted molar refractivity (Wildman–Crippen MR) is 100 cm³/mol. The number of nitrogens with zero attached hydrogens (tertiary/aromatic N) is 2. The lowest BCUT2D eigenvalue weighted by atomic mass is 10.2. The molecule has 0 spiro atoms. The molecule has 2 aromatic carbocycles. The average Bonchev–Trinajstić information content (AvgIpc) is 3.12. The summed E-state index contributed by atoms with van der Waals surface area (Å²) in [5.41, 5.74) is 2.07. The third-order valence-electron chi connectivity index (χ3n) is 4.07. The molecule has 0 atom stereocenters. The van der Waals surface area contributed by atoms with Gasteiger partial charge in [-0.25, -0.2) is 13.8 Å². The van der Waals surface area contributed by atoms with Crippen molar-refractivity contribution in [1.82, 2.24) is 9.38 Å². The summed E-state index contributed by atoms with van der Waals surface area (Å²) in [5, 5.41) is 2.53. The number of fused-ring (bicyclic) bond motifs is 1. The quantitative estimate of drug-likeness (QED) is 0.558. The number of rotatable bonds is 5. The molecular weight excluding hydrogens is 364 g/mol. The fraction of sp³-hybridized carbons (Fsp3) is 0.0476. The van der Waals surface area contributed by atoms with Gasteiger partial charge in [-0.1, -0.05) is 12.1 Å². The van der Waals surface area contributed by atoms with Crippen LogP contribution in [0.1, 0.15) is 16.1 Å². The van der Waals surface area contributed by atoms with Crippen molar-refractivity contribution < 1.29 is 18.3 Å². The molecule has 0 aliphatic carbocycles. The maximum Gasteiger partial charge on any atom is 0.255 e. The summed E-state index contributed by atoms with van der Waals surface area (Å²) in [5.74, 6) is -1.96. The molecule has 0 unspecified atom stereocenters. The number of ether oxygens (including phenoxy) is 1. The number of benzene rings is 2. The van der Waals surface area contributed by atoms with E-state index in [2.05, 4.69) is 10.3 Å². The second kappa shape index (κ2) is 7.48. The Morgan fingerprint density at radius 3 is 2.75 bits per heavy atom. The predicted octanol–water partition coefficient (Wildman–Crippen LogP) is 4.44. The van der Waals surface area contributed by atoms with E-state index in [1.165, 1.54) is 6.07 Å². The van der Waals surface area contributed by atoms with Gasteiger partial charge < -0.3 is 14.5 Å². The summed E-state index contributed by atoms with van der Waals surface area (Å²) in [6, 6.07) is 15.5. The number of pyridine rings is 1. The summed E-state index contributed by atoms with van der Waals surface area (Å²) in [7, 11) is 0. The molecule has 1 amide bonds. The van der Waals surface area contributed by atoms with Gasteiger partial charge in [0.15, 0.2) is 11.6 Å². The topological polar surface area (TPSA) is 55.6 Å². The Hall–Kier alpha value is -3.74. The van der Waals surface area contributed by atoms with Crippen LogP contribution in [0.4, 0.5) is 14.5 Å². The minimum atomic E-state index is -1.03. The number of carbonyl (C=O) groups is 1. The van der Waals surface area contributed by atoms with Crippen LogP contribution in [-0.2, 0) is 6.61 Å². The van der Waals surface area contributed by atoms with E-state index < -0.39 is 17.5 Å². The molecule has 28 heavy (non-hydrogen) atoms. The Labute approximate surface area is 159 Å². The largest absolute Gasteiger partial charge is 0.487 e. The molecule has 2 aromatic heterocycles. The third-order valence-corrected chi connectivity index (χ3v) is 4.07. The van der Waals surface area contributed by atoms with E-state index in [1.54, 1.807) is 24.3 Å². The first-order chi connectivity index (χ1) is 13.6. The molecule has 4 aromatic rings. The Morgan fingerprint density at radius 2 is 1.93 bits per heavy atom. The molecule has 5 nitrogen and oxygen atoms in total. The number of nitrogens with one attached hydrogen (secondary N) is 1. The molecule has 0 aliphatic rings. The van der Waals surface area contributed by atoms with E-state index in [0.29, 0.717) is 11.3 Å². The highest BCUT2D eigenvalue weighted by molar-refractivity contribution is 6.04. The molecule has 1 N–H and O–H groups in total. The molecular formula is C21H15F2N3O2. The first kappa shape index (κ1) is 17.7. The highest BCUT2D eigenvalue weighted by atomic mass is 19.2. The minimum Gasteiger partial charge on any atom is -0.487 e. The highest BCUT2D eigenvalue weighted by Crippen LogP contribution is 2.18.